The summed E-state index contributed by atoms with van der Waals surface area (Å²) in [6, 6.07) is 6.75. The molecule has 1 aromatic heterocycles. The highest BCUT2D eigenvalue weighted by atomic mass is 16.7. The predicted octanol–water partition coefficient (Wildman–Crippen LogP) is 1.66. The Hall–Kier alpha value is -1.05. The van der Waals surface area contributed by atoms with Crippen LogP contribution < -0.4 is 0 Å². The van der Waals surface area contributed by atoms with Crippen LogP contribution >= 0.6 is 0 Å². The minimum atomic E-state index is 0.332. The molecule has 2 rings (SSSR count). The molecule has 22 heavy (non-hydrogen) atoms. The molecule has 0 saturated carbocycles. The third kappa shape index (κ3) is 5.30. The maximum absolute atomic E-state index is 5.56. The van der Waals surface area contributed by atoms with Crippen LogP contribution in [0.5, 0.6) is 0 Å². The molecule has 6 nitrogen and oxygen atoms in total. The van der Waals surface area contributed by atoms with E-state index in [1.165, 1.54) is 0 Å². The third-order valence-corrected chi connectivity index (χ3v) is 3.86. The summed E-state index contributed by atoms with van der Waals surface area (Å²) in [7, 11) is 3.28. The molecule has 2 heterocycles. The van der Waals surface area contributed by atoms with Crippen molar-refractivity contribution in [1.29, 1.82) is 0 Å². The molecule has 1 aromatic rings. The first kappa shape index (κ1) is 17.3. The second-order valence-electron chi connectivity index (χ2n) is 5.43. The van der Waals surface area contributed by atoms with Crippen molar-refractivity contribution in [2.75, 3.05) is 41.0 Å². The maximum atomic E-state index is 5.56. The SMILES string of the molecule is COCOC[C@H]1CC[C@H](COCOC)N1Cc1ccccn1. The highest BCUT2D eigenvalue weighted by Gasteiger charge is 2.33. The lowest BCUT2D eigenvalue weighted by Gasteiger charge is -2.29. The van der Waals surface area contributed by atoms with E-state index < -0.39 is 0 Å². The molecule has 1 fully saturated rings. The summed E-state index contributed by atoms with van der Waals surface area (Å²) in [5.74, 6) is 0. The molecule has 0 unspecified atom stereocenters. The summed E-state index contributed by atoms with van der Waals surface area (Å²) in [6.07, 6.45) is 4.02. The Morgan fingerprint density at radius 1 is 1.05 bits per heavy atom. The van der Waals surface area contributed by atoms with Gasteiger partial charge in [-0.05, 0) is 25.0 Å². The average Bonchev–Trinajstić information content (AvgIpc) is 2.91. The van der Waals surface area contributed by atoms with Gasteiger partial charge in [0.15, 0.2) is 0 Å². The van der Waals surface area contributed by atoms with Gasteiger partial charge >= 0.3 is 0 Å². The van der Waals surface area contributed by atoms with Gasteiger partial charge in [0.05, 0.1) is 18.9 Å². The molecule has 0 spiro atoms. The van der Waals surface area contributed by atoms with Crippen LogP contribution in [-0.4, -0.2) is 63.0 Å². The zero-order valence-corrected chi connectivity index (χ0v) is 13.4. The van der Waals surface area contributed by atoms with Gasteiger partial charge in [0, 0.05) is 39.0 Å². The first-order valence-corrected chi connectivity index (χ1v) is 7.64. The number of likely N-dealkylation sites (tertiary alicyclic amines) is 1. The van der Waals surface area contributed by atoms with Crippen molar-refractivity contribution < 1.29 is 18.9 Å². The van der Waals surface area contributed by atoms with Gasteiger partial charge in [0.1, 0.15) is 13.6 Å². The zero-order valence-electron chi connectivity index (χ0n) is 13.4. The van der Waals surface area contributed by atoms with Crippen LogP contribution in [0.2, 0.25) is 0 Å². The molecule has 0 amide bonds. The van der Waals surface area contributed by atoms with Gasteiger partial charge in [-0.2, -0.15) is 0 Å². The molecule has 0 aliphatic carbocycles. The molecule has 0 aromatic carbocycles. The second kappa shape index (κ2) is 9.86. The summed E-state index contributed by atoms with van der Waals surface area (Å²) in [6.45, 7) is 2.81. The molecule has 6 heteroatoms. The number of hydrogen-bond acceptors (Lipinski definition) is 6. The van der Waals surface area contributed by atoms with Crippen LogP contribution in [0.25, 0.3) is 0 Å². The Morgan fingerprint density at radius 2 is 1.68 bits per heavy atom. The first-order valence-electron chi connectivity index (χ1n) is 7.64. The van der Waals surface area contributed by atoms with E-state index in [9.17, 15) is 0 Å². The third-order valence-electron chi connectivity index (χ3n) is 3.86. The number of ether oxygens (including phenoxy) is 4. The number of hydrogen-bond donors (Lipinski definition) is 0. The topological polar surface area (TPSA) is 53.1 Å². The van der Waals surface area contributed by atoms with E-state index in [-0.39, 0.29) is 0 Å². The van der Waals surface area contributed by atoms with Gasteiger partial charge in [-0.15, -0.1) is 0 Å². The smallest absolute Gasteiger partial charge is 0.146 e. The fourth-order valence-corrected chi connectivity index (χ4v) is 2.84. The van der Waals surface area contributed by atoms with Crippen molar-refractivity contribution in [1.82, 2.24) is 9.88 Å². The zero-order chi connectivity index (χ0) is 15.6. The monoisotopic (exact) mass is 310 g/mol. The van der Waals surface area contributed by atoms with Gasteiger partial charge in [-0.1, -0.05) is 6.07 Å². The van der Waals surface area contributed by atoms with Crippen molar-refractivity contribution in [2.45, 2.75) is 31.5 Å². The van der Waals surface area contributed by atoms with Gasteiger partial charge in [0.2, 0.25) is 0 Å². The van der Waals surface area contributed by atoms with Crippen molar-refractivity contribution in [3.8, 4) is 0 Å². The number of rotatable bonds is 10. The Bertz CT molecular complexity index is 386. The molecule has 1 aliphatic rings. The Labute approximate surface area is 132 Å². The van der Waals surface area contributed by atoms with E-state index in [4.69, 9.17) is 18.9 Å². The minimum absolute atomic E-state index is 0.332. The Balaban J connectivity index is 1.94. The van der Waals surface area contributed by atoms with E-state index in [0.29, 0.717) is 38.9 Å². The Morgan fingerprint density at radius 3 is 2.18 bits per heavy atom. The summed E-state index contributed by atoms with van der Waals surface area (Å²) in [5, 5.41) is 0. The lowest BCUT2D eigenvalue weighted by atomic mass is 10.2. The molecular formula is C16H26N2O4. The van der Waals surface area contributed by atoms with E-state index in [2.05, 4.69) is 16.0 Å². The van der Waals surface area contributed by atoms with Crippen molar-refractivity contribution in [3.05, 3.63) is 30.1 Å². The summed E-state index contributed by atoms with van der Waals surface area (Å²) in [5.41, 5.74) is 1.07. The van der Waals surface area contributed by atoms with Crippen LogP contribution in [0.1, 0.15) is 18.5 Å². The van der Waals surface area contributed by atoms with Crippen LogP contribution in [0.15, 0.2) is 24.4 Å². The molecule has 0 radical (unpaired) electrons. The lowest BCUT2D eigenvalue weighted by Crippen LogP contribution is -2.40. The molecule has 2 atom stereocenters. The summed E-state index contributed by atoms with van der Waals surface area (Å²) < 4.78 is 21.1. The van der Waals surface area contributed by atoms with Crippen molar-refractivity contribution in [3.63, 3.8) is 0 Å². The predicted molar refractivity (Wildman–Crippen MR) is 82.2 cm³/mol. The fraction of sp³-hybridized carbons (Fsp3) is 0.688. The molecule has 1 saturated heterocycles. The number of methoxy groups -OCH3 is 2. The van der Waals surface area contributed by atoms with Crippen LogP contribution in [0.3, 0.4) is 0 Å². The van der Waals surface area contributed by atoms with Crippen molar-refractivity contribution in [2.24, 2.45) is 0 Å². The second-order valence-corrected chi connectivity index (χ2v) is 5.43. The molecule has 1 aliphatic heterocycles. The van der Waals surface area contributed by atoms with Crippen LogP contribution in [0.4, 0.5) is 0 Å². The average molecular weight is 310 g/mol. The maximum Gasteiger partial charge on any atom is 0.146 e. The Kier molecular flexibility index (Phi) is 7.76. The van der Waals surface area contributed by atoms with Gasteiger partial charge in [-0.3, -0.25) is 9.88 Å². The molecule has 0 bridgehead atoms. The van der Waals surface area contributed by atoms with E-state index in [1.807, 2.05) is 18.3 Å². The van der Waals surface area contributed by atoms with Crippen LogP contribution in [0, 0.1) is 0 Å². The normalized spacial score (nSPS) is 22.3. The highest BCUT2D eigenvalue weighted by molar-refractivity contribution is 5.05. The number of pyridine rings is 1. The standard InChI is InChI=1S/C16H26N2O4/c1-19-12-21-10-15-6-7-16(11-22-13-20-2)18(15)9-14-5-3-4-8-17-14/h3-5,8,15-16H,6-7,9-13H2,1-2H3/t15-,16-/m1/s1. The molecule has 0 N–H and O–H groups in total. The molecular weight excluding hydrogens is 284 g/mol. The highest BCUT2D eigenvalue weighted by Crippen LogP contribution is 2.26. The molecule has 124 valence electrons. The van der Waals surface area contributed by atoms with Crippen molar-refractivity contribution >= 4 is 0 Å². The van der Waals surface area contributed by atoms with E-state index >= 15 is 0 Å². The largest absolute Gasteiger partial charge is 0.359 e. The lowest BCUT2D eigenvalue weighted by molar-refractivity contribution is -0.0661. The van der Waals surface area contributed by atoms with Gasteiger partial charge in [-0.25, -0.2) is 0 Å². The van der Waals surface area contributed by atoms with Gasteiger partial charge in [0.25, 0.3) is 0 Å². The van der Waals surface area contributed by atoms with E-state index in [0.717, 1.165) is 25.1 Å². The first-order chi connectivity index (χ1) is 10.8. The van der Waals surface area contributed by atoms with Gasteiger partial charge < -0.3 is 18.9 Å². The number of aromatic nitrogens is 1. The summed E-state index contributed by atoms with van der Waals surface area (Å²) >= 11 is 0. The summed E-state index contributed by atoms with van der Waals surface area (Å²) in [4.78, 5) is 6.86. The van der Waals surface area contributed by atoms with Crippen LogP contribution in [-0.2, 0) is 25.5 Å². The minimum Gasteiger partial charge on any atom is -0.359 e. The van der Waals surface area contributed by atoms with E-state index in [1.54, 1.807) is 14.2 Å². The number of nitrogens with zero attached hydrogens (tertiary/aromatic N) is 2. The fourth-order valence-electron chi connectivity index (χ4n) is 2.84. The quantitative estimate of drug-likeness (QED) is 0.484.